The Kier molecular flexibility index (Phi) is 5.20. The first-order valence-corrected chi connectivity index (χ1v) is 7.19. The SMILES string of the molecule is CCCn1ccnc1C(NCC)C1CCOCC1. The predicted molar refractivity (Wildman–Crippen MR) is 72.5 cm³/mol. The molecule has 1 N–H and O–H groups in total. The van der Waals surface area contributed by atoms with Crippen LogP contribution in [0.3, 0.4) is 0 Å². The standard InChI is InChI=1S/C14H25N3O/c1-3-8-17-9-7-16-14(17)13(15-4-2)12-5-10-18-11-6-12/h7,9,12-13,15H,3-6,8,10-11H2,1-2H3. The number of aryl methyl sites for hydroxylation is 1. The topological polar surface area (TPSA) is 39.1 Å². The number of hydrogen-bond acceptors (Lipinski definition) is 3. The Labute approximate surface area is 110 Å². The number of rotatable bonds is 6. The summed E-state index contributed by atoms with van der Waals surface area (Å²) >= 11 is 0. The Hall–Kier alpha value is -0.870. The van der Waals surface area contributed by atoms with Crippen LogP contribution in [0.2, 0.25) is 0 Å². The quantitative estimate of drug-likeness (QED) is 0.843. The molecule has 0 aliphatic carbocycles. The molecule has 0 amide bonds. The minimum atomic E-state index is 0.375. The molecule has 2 heterocycles. The van der Waals surface area contributed by atoms with Crippen LogP contribution in [0.15, 0.2) is 12.4 Å². The zero-order valence-corrected chi connectivity index (χ0v) is 11.6. The monoisotopic (exact) mass is 251 g/mol. The summed E-state index contributed by atoms with van der Waals surface area (Å²) in [5.74, 6) is 1.85. The summed E-state index contributed by atoms with van der Waals surface area (Å²) in [6.07, 6.45) is 7.44. The van der Waals surface area contributed by atoms with Crippen LogP contribution in [0.5, 0.6) is 0 Å². The van der Waals surface area contributed by atoms with E-state index in [4.69, 9.17) is 4.74 Å². The molecule has 0 aromatic carbocycles. The van der Waals surface area contributed by atoms with Crippen LogP contribution < -0.4 is 5.32 Å². The molecule has 4 nitrogen and oxygen atoms in total. The molecule has 0 radical (unpaired) electrons. The van der Waals surface area contributed by atoms with E-state index in [2.05, 4.69) is 34.9 Å². The van der Waals surface area contributed by atoms with Gasteiger partial charge < -0.3 is 14.6 Å². The Morgan fingerprint density at radius 2 is 2.22 bits per heavy atom. The van der Waals surface area contributed by atoms with Gasteiger partial charge in [0.25, 0.3) is 0 Å². The van der Waals surface area contributed by atoms with Crippen molar-refractivity contribution >= 4 is 0 Å². The Balaban J connectivity index is 2.14. The molecule has 1 atom stereocenters. The number of aromatic nitrogens is 2. The summed E-state index contributed by atoms with van der Waals surface area (Å²) in [6.45, 7) is 8.20. The van der Waals surface area contributed by atoms with Crippen LogP contribution in [0.1, 0.15) is 45.0 Å². The molecule has 0 spiro atoms. The Morgan fingerprint density at radius 1 is 1.44 bits per heavy atom. The van der Waals surface area contributed by atoms with E-state index in [0.717, 1.165) is 45.6 Å². The summed E-state index contributed by atoms with van der Waals surface area (Å²) in [4.78, 5) is 4.59. The van der Waals surface area contributed by atoms with E-state index in [1.807, 2.05) is 6.20 Å². The third-order valence-corrected chi connectivity index (χ3v) is 3.65. The van der Waals surface area contributed by atoms with Gasteiger partial charge in [-0.25, -0.2) is 4.98 Å². The van der Waals surface area contributed by atoms with Crippen LogP contribution in [-0.4, -0.2) is 29.3 Å². The number of nitrogens with one attached hydrogen (secondary N) is 1. The van der Waals surface area contributed by atoms with E-state index < -0.39 is 0 Å². The van der Waals surface area contributed by atoms with E-state index >= 15 is 0 Å². The van der Waals surface area contributed by atoms with Gasteiger partial charge in [-0.15, -0.1) is 0 Å². The van der Waals surface area contributed by atoms with Crippen molar-refractivity contribution in [2.75, 3.05) is 19.8 Å². The van der Waals surface area contributed by atoms with Crippen molar-refractivity contribution in [3.63, 3.8) is 0 Å². The van der Waals surface area contributed by atoms with Gasteiger partial charge in [0, 0.05) is 32.2 Å². The van der Waals surface area contributed by atoms with Gasteiger partial charge in [-0.1, -0.05) is 13.8 Å². The maximum absolute atomic E-state index is 5.47. The first-order valence-electron chi connectivity index (χ1n) is 7.19. The van der Waals surface area contributed by atoms with Gasteiger partial charge in [0.2, 0.25) is 0 Å². The first-order chi connectivity index (χ1) is 8.86. The van der Waals surface area contributed by atoms with Gasteiger partial charge in [-0.05, 0) is 31.7 Å². The van der Waals surface area contributed by atoms with Crippen molar-refractivity contribution in [3.05, 3.63) is 18.2 Å². The third-order valence-electron chi connectivity index (χ3n) is 3.65. The lowest BCUT2D eigenvalue weighted by molar-refractivity contribution is 0.0522. The first kappa shape index (κ1) is 13.6. The second-order valence-corrected chi connectivity index (χ2v) is 4.96. The Morgan fingerprint density at radius 3 is 2.89 bits per heavy atom. The molecule has 1 aromatic heterocycles. The molecule has 1 aromatic rings. The van der Waals surface area contributed by atoms with Crippen molar-refractivity contribution in [3.8, 4) is 0 Å². The van der Waals surface area contributed by atoms with Crippen molar-refractivity contribution in [1.29, 1.82) is 0 Å². The van der Waals surface area contributed by atoms with E-state index in [-0.39, 0.29) is 0 Å². The van der Waals surface area contributed by atoms with Crippen LogP contribution in [0, 0.1) is 5.92 Å². The van der Waals surface area contributed by atoms with Gasteiger partial charge >= 0.3 is 0 Å². The highest BCUT2D eigenvalue weighted by Crippen LogP contribution is 2.29. The van der Waals surface area contributed by atoms with Crippen LogP contribution in [0.25, 0.3) is 0 Å². The van der Waals surface area contributed by atoms with Gasteiger partial charge in [-0.2, -0.15) is 0 Å². The minimum Gasteiger partial charge on any atom is -0.381 e. The number of nitrogens with zero attached hydrogens (tertiary/aromatic N) is 2. The van der Waals surface area contributed by atoms with E-state index in [0.29, 0.717) is 12.0 Å². The summed E-state index contributed by atoms with van der Waals surface area (Å²) in [5, 5.41) is 3.61. The second-order valence-electron chi connectivity index (χ2n) is 4.96. The highest BCUT2D eigenvalue weighted by Gasteiger charge is 2.27. The van der Waals surface area contributed by atoms with Crippen molar-refractivity contribution < 1.29 is 4.74 Å². The normalized spacial score (nSPS) is 19.0. The van der Waals surface area contributed by atoms with Crippen molar-refractivity contribution in [2.24, 2.45) is 5.92 Å². The molecule has 1 unspecified atom stereocenters. The fourth-order valence-electron chi connectivity index (χ4n) is 2.77. The lowest BCUT2D eigenvalue weighted by Crippen LogP contribution is -2.34. The largest absolute Gasteiger partial charge is 0.381 e. The highest BCUT2D eigenvalue weighted by molar-refractivity contribution is 5.02. The van der Waals surface area contributed by atoms with Crippen molar-refractivity contribution in [2.45, 2.75) is 45.7 Å². The molecule has 1 aliphatic rings. The molecular formula is C14H25N3O. The smallest absolute Gasteiger partial charge is 0.126 e. The molecule has 102 valence electrons. The molecule has 1 aliphatic heterocycles. The fraction of sp³-hybridized carbons (Fsp3) is 0.786. The lowest BCUT2D eigenvalue weighted by atomic mass is 9.91. The van der Waals surface area contributed by atoms with Crippen molar-refractivity contribution in [1.82, 2.24) is 14.9 Å². The zero-order chi connectivity index (χ0) is 12.8. The van der Waals surface area contributed by atoms with Gasteiger partial charge in [0.05, 0.1) is 6.04 Å². The lowest BCUT2D eigenvalue weighted by Gasteiger charge is -2.30. The number of imidazole rings is 1. The average molecular weight is 251 g/mol. The molecule has 18 heavy (non-hydrogen) atoms. The molecule has 1 fully saturated rings. The van der Waals surface area contributed by atoms with E-state index in [1.54, 1.807) is 0 Å². The Bertz CT molecular complexity index is 345. The van der Waals surface area contributed by atoms with Gasteiger partial charge in [-0.3, -0.25) is 0 Å². The van der Waals surface area contributed by atoms with Crippen LogP contribution in [0.4, 0.5) is 0 Å². The summed E-state index contributed by atoms with van der Waals surface area (Å²) in [7, 11) is 0. The average Bonchev–Trinajstić information content (AvgIpc) is 2.85. The van der Waals surface area contributed by atoms with Crippen LogP contribution in [-0.2, 0) is 11.3 Å². The fourth-order valence-corrected chi connectivity index (χ4v) is 2.77. The number of hydrogen-bond donors (Lipinski definition) is 1. The molecule has 4 heteroatoms. The highest BCUT2D eigenvalue weighted by atomic mass is 16.5. The molecule has 2 rings (SSSR count). The second kappa shape index (κ2) is 6.90. The molecule has 1 saturated heterocycles. The van der Waals surface area contributed by atoms with E-state index in [1.165, 1.54) is 5.82 Å². The maximum Gasteiger partial charge on any atom is 0.126 e. The maximum atomic E-state index is 5.47. The van der Waals surface area contributed by atoms with Gasteiger partial charge in [0.1, 0.15) is 5.82 Å². The predicted octanol–water partition coefficient (Wildman–Crippen LogP) is 2.37. The van der Waals surface area contributed by atoms with Gasteiger partial charge in [0.15, 0.2) is 0 Å². The number of ether oxygens (including phenoxy) is 1. The molecule has 0 bridgehead atoms. The van der Waals surface area contributed by atoms with E-state index in [9.17, 15) is 0 Å². The minimum absolute atomic E-state index is 0.375. The molecule has 0 saturated carbocycles. The van der Waals surface area contributed by atoms with Crippen LogP contribution >= 0.6 is 0 Å². The zero-order valence-electron chi connectivity index (χ0n) is 11.6. The summed E-state index contributed by atoms with van der Waals surface area (Å²) < 4.78 is 7.76. The summed E-state index contributed by atoms with van der Waals surface area (Å²) in [6, 6.07) is 0.375. The summed E-state index contributed by atoms with van der Waals surface area (Å²) in [5.41, 5.74) is 0. The third kappa shape index (κ3) is 3.12. The molecular weight excluding hydrogens is 226 g/mol.